The second kappa shape index (κ2) is 6.87. The van der Waals surface area contributed by atoms with Gasteiger partial charge in [-0.05, 0) is 24.3 Å². The fourth-order valence-corrected chi connectivity index (χ4v) is 3.75. The van der Waals surface area contributed by atoms with Gasteiger partial charge in [0.15, 0.2) is 11.6 Å². The lowest BCUT2D eigenvalue weighted by Gasteiger charge is -2.24. The van der Waals surface area contributed by atoms with Crippen LogP contribution in [0.1, 0.15) is 37.4 Å². The molecule has 0 heterocycles. The summed E-state index contributed by atoms with van der Waals surface area (Å²) in [7, 11) is 6.44. The molecule has 0 amide bonds. The molecule has 1 aliphatic carbocycles. The number of nitrogens with two attached hydrogens (primary N) is 1. The van der Waals surface area contributed by atoms with Crippen molar-refractivity contribution in [1.82, 2.24) is 0 Å². The minimum atomic E-state index is -0.213. The highest BCUT2D eigenvalue weighted by molar-refractivity contribution is 6.31. The van der Waals surface area contributed by atoms with E-state index in [2.05, 4.69) is 38.6 Å². The molecule has 0 unspecified atom stereocenters. The van der Waals surface area contributed by atoms with Crippen LogP contribution in [0.25, 0.3) is 0 Å². The number of fused-ring (bicyclic) bond motifs is 2. The smallest absolute Gasteiger partial charge is 0.196 e. The molecule has 3 aromatic rings. The normalized spacial score (nSPS) is 13.1. The standard InChI is InChI=1S/C24H23N3O2/c1-27(2,3)14-15-8-10-16(11-9-15)26-20-13-12-19(25)21-22(20)24(29)18-7-5-4-6-17(18)23(21)28/h4-13H,14H2,1-3H3,(H2-,25,26,28,29)/p+1. The van der Waals surface area contributed by atoms with Gasteiger partial charge in [0.2, 0.25) is 0 Å². The van der Waals surface area contributed by atoms with Gasteiger partial charge in [0.25, 0.3) is 0 Å². The highest BCUT2D eigenvalue weighted by Crippen LogP contribution is 2.36. The molecule has 0 aliphatic heterocycles. The van der Waals surface area contributed by atoms with Crippen LogP contribution in [-0.4, -0.2) is 37.2 Å². The Hall–Kier alpha value is -3.44. The zero-order valence-electron chi connectivity index (χ0n) is 16.8. The van der Waals surface area contributed by atoms with Crippen LogP contribution in [0.3, 0.4) is 0 Å². The Morgan fingerprint density at radius 2 is 1.38 bits per heavy atom. The van der Waals surface area contributed by atoms with Gasteiger partial charge in [-0.3, -0.25) is 9.59 Å². The third-order valence-corrected chi connectivity index (χ3v) is 5.00. The summed E-state index contributed by atoms with van der Waals surface area (Å²) in [5.41, 5.74) is 10.5. The summed E-state index contributed by atoms with van der Waals surface area (Å²) in [4.78, 5) is 26.2. The maximum Gasteiger partial charge on any atom is 0.196 e. The molecular formula is C24H24N3O2+. The van der Waals surface area contributed by atoms with Gasteiger partial charge in [0.05, 0.1) is 38.0 Å². The molecule has 5 heteroatoms. The first kappa shape index (κ1) is 18.9. The summed E-state index contributed by atoms with van der Waals surface area (Å²) in [5.74, 6) is -0.402. The van der Waals surface area contributed by atoms with Crippen molar-refractivity contribution >= 4 is 28.6 Å². The molecule has 0 atom stereocenters. The Bertz CT molecular complexity index is 1130. The number of ketones is 2. The third kappa shape index (κ3) is 3.52. The van der Waals surface area contributed by atoms with E-state index in [1.165, 1.54) is 5.56 Å². The van der Waals surface area contributed by atoms with Crippen LogP contribution in [0, 0.1) is 0 Å². The zero-order valence-corrected chi connectivity index (χ0v) is 16.8. The largest absolute Gasteiger partial charge is 0.398 e. The molecular weight excluding hydrogens is 362 g/mol. The van der Waals surface area contributed by atoms with E-state index in [0.29, 0.717) is 28.1 Å². The topological polar surface area (TPSA) is 72.2 Å². The summed E-state index contributed by atoms with van der Waals surface area (Å²) in [6.45, 7) is 0.918. The molecule has 29 heavy (non-hydrogen) atoms. The number of hydrogen-bond donors (Lipinski definition) is 2. The van der Waals surface area contributed by atoms with Crippen LogP contribution in [0.4, 0.5) is 17.1 Å². The first-order valence-corrected chi connectivity index (χ1v) is 9.52. The van der Waals surface area contributed by atoms with Gasteiger partial charge in [-0.15, -0.1) is 0 Å². The highest BCUT2D eigenvalue weighted by atomic mass is 16.1. The van der Waals surface area contributed by atoms with E-state index in [1.54, 1.807) is 36.4 Å². The van der Waals surface area contributed by atoms with Crippen molar-refractivity contribution in [2.45, 2.75) is 6.54 Å². The van der Waals surface area contributed by atoms with Crippen molar-refractivity contribution in [3.63, 3.8) is 0 Å². The Kier molecular flexibility index (Phi) is 4.47. The van der Waals surface area contributed by atoms with Gasteiger partial charge < -0.3 is 15.5 Å². The van der Waals surface area contributed by atoms with Crippen LogP contribution in [-0.2, 0) is 6.54 Å². The van der Waals surface area contributed by atoms with E-state index in [-0.39, 0.29) is 17.1 Å². The number of carbonyl (C=O) groups excluding carboxylic acids is 2. The van der Waals surface area contributed by atoms with Crippen LogP contribution in [0.15, 0.2) is 60.7 Å². The molecule has 4 rings (SSSR count). The number of benzene rings is 3. The Labute approximate surface area is 170 Å². The van der Waals surface area contributed by atoms with Crippen molar-refractivity contribution in [2.24, 2.45) is 0 Å². The molecule has 0 saturated heterocycles. The first-order chi connectivity index (χ1) is 13.7. The van der Waals surface area contributed by atoms with Gasteiger partial charge in [-0.25, -0.2) is 0 Å². The minimum absolute atomic E-state index is 0.188. The maximum atomic E-state index is 13.2. The Morgan fingerprint density at radius 3 is 1.97 bits per heavy atom. The predicted molar refractivity (Wildman–Crippen MR) is 116 cm³/mol. The van der Waals surface area contributed by atoms with E-state index in [9.17, 15) is 9.59 Å². The summed E-state index contributed by atoms with van der Waals surface area (Å²) in [6.07, 6.45) is 0. The van der Waals surface area contributed by atoms with Gasteiger partial charge in [0, 0.05) is 28.1 Å². The van der Waals surface area contributed by atoms with E-state index < -0.39 is 0 Å². The second-order valence-electron chi connectivity index (χ2n) is 8.43. The SMILES string of the molecule is C[N+](C)(C)Cc1ccc(Nc2ccc(N)c3c2C(=O)c2ccccc2C3=O)cc1. The average Bonchev–Trinajstić information content (AvgIpc) is 2.68. The van der Waals surface area contributed by atoms with Crippen molar-refractivity contribution < 1.29 is 14.1 Å². The molecule has 3 N–H and O–H groups in total. The molecule has 1 aliphatic rings. The molecule has 0 aromatic heterocycles. The van der Waals surface area contributed by atoms with Crippen LogP contribution in [0.5, 0.6) is 0 Å². The number of nitrogens with one attached hydrogen (secondary N) is 1. The molecule has 0 radical (unpaired) electrons. The summed E-state index contributed by atoms with van der Waals surface area (Å²) in [6, 6.07) is 18.4. The monoisotopic (exact) mass is 386 g/mol. The molecule has 0 bridgehead atoms. The third-order valence-electron chi connectivity index (χ3n) is 5.00. The lowest BCUT2D eigenvalue weighted by Crippen LogP contribution is -2.33. The van der Waals surface area contributed by atoms with Gasteiger partial charge in [0.1, 0.15) is 6.54 Å². The van der Waals surface area contributed by atoms with Crippen LogP contribution >= 0.6 is 0 Å². The van der Waals surface area contributed by atoms with E-state index >= 15 is 0 Å². The maximum absolute atomic E-state index is 13.2. The zero-order chi connectivity index (χ0) is 20.8. The van der Waals surface area contributed by atoms with Crippen molar-refractivity contribution in [3.05, 3.63) is 88.5 Å². The van der Waals surface area contributed by atoms with Crippen molar-refractivity contribution in [2.75, 3.05) is 32.2 Å². The molecule has 146 valence electrons. The molecule has 5 nitrogen and oxygen atoms in total. The van der Waals surface area contributed by atoms with Gasteiger partial charge in [-0.2, -0.15) is 0 Å². The minimum Gasteiger partial charge on any atom is -0.398 e. The number of carbonyl (C=O) groups is 2. The fourth-order valence-electron chi connectivity index (χ4n) is 3.75. The number of nitrogens with zero attached hydrogens (tertiary/aromatic N) is 1. The lowest BCUT2D eigenvalue weighted by atomic mass is 9.82. The second-order valence-corrected chi connectivity index (χ2v) is 8.43. The molecule has 0 spiro atoms. The predicted octanol–water partition coefficient (Wildman–Crippen LogP) is 3.99. The number of anilines is 3. The van der Waals surface area contributed by atoms with Gasteiger partial charge in [-0.1, -0.05) is 36.4 Å². The molecule has 0 fully saturated rings. The van der Waals surface area contributed by atoms with E-state index in [0.717, 1.165) is 16.7 Å². The van der Waals surface area contributed by atoms with E-state index in [1.807, 2.05) is 12.1 Å². The first-order valence-electron chi connectivity index (χ1n) is 9.52. The highest BCUT2D eigenvalue weighted by Gasteiger charge is 2.33. The fraction of sp³-hybridized carbons (Fsp3) is 0.167. The van der Waals surface area contributed by atoms with Crippen molar-refractivity contribution in [1.29, 1.82) is 0 Å². The number of quaternary nitrogens is 1. The number of nitrogen functional groups attached to an aromatic ring is 1. The summed E-state index contributed by atoms with van der Waals surface area (Å²) >= 11 is 0. The van der Waals surface area contributed by atoms with Crippen molar-refractivity contribution in [3.8, 4) is 0 Å². The van der Waals surface area contributed by atoms with Crippen LogP contribution in [0.2, 0.25) is 0 Å². The Morgan fingerprint density at radius 1 is 0.793 bits per heavy atom. The average molecular weight is 386 g/mol. The van der Waals surface area contributed by atoms with Gasteiger partial charge >= 0.3 is 0 Å². The number of hydrogen-bond acceptors (Lipinski definition) is 4. The lowest BCUT2D eigenvalue weighted by molar-refractivity contribution is -0.884. The van der Waals surface area contributed by atoms with E-state index in [4.69, 9.17) is 5.73 Å². The molecule has 0 saturated carbocycles. The summed E-state index contributed by atoms with van der Waals surface area (Å²) in [5, 5.41) is 3.30. The quantitative estimate of drug-likeness (QED) is 0.411. The van der Waals surface area contributed by atoms with Crippen LogP contribution < -0.4 is 11.1 Å². The Balaban J connectivity index is 1.72. The summed E-state index contributed by atoms with van der Waals surface area (Å²) < 4.78 is 0.842. The molecule has 3 aromatic carbocycles. The number of rotatable bonds is 4.